The second-order valence-electron chi connectivity index (χ2n) is 8.22. The van der Waals surface area contributed by atoms with Gasteiger partial charge in [-0.2, -0.15) is 8.78 Å². The van der Waals surface area contributed by atoms with E-state index >= 15 is 0 Å². The van der Waals surface area contributed by atoms with Gasteiger partial charge < -0.3 is 14.4 Å². The predicted molar refractivity (Wildman–Crippen MR) is 127 cm³/mol. The molecule has 7 nitrogen and oxygen atoms in total. The molecule has 1 aliphatic rings. The van der Waals surface area contributed by atoms with Gasteiger partial charge in [0.2, 0.25) is 5.88 Å². The number of ether oxygens (including phenoxy) is 2. The summed E-state index contributed by atoms with van der Waals surface area (Å²) in [4.78, 5) is 32.9. The van der Waals surface area contributed by atoms with Crippen LogP contribution in [0.5, 0.6) is 5.88 Å². The minimum atomic E-state index is -3.93. The molecule has 0 fully saturated rings. The Balaban J connectivity index is 1.88. The summed E-state index contributed by atoms with van der Waals surface area (Å²) in [6, 6.07) is 10.8. The SMILES string of the molecule is CCOC(=O)C(F)(F)c1ccc2c(c1)N(c1ccc(F)cc1C)CN(c1ccc(OC)nc1C)C2=O. The van der Waals surface area contributed by atoms with Crippen LogP contribution in [0.1, 0.15) is 34.1 Å². The molecule has 0 atom stereocenters. The van der Waals surface area contributed by atoms with Crippen molar-refractivity contribution in [1.82, 2.24) is 4.98 Å². The van der Waals surface area contributed by atoms with Gasteiger partial charge in [0.05, 0.1) is 36.3 Å². The number of fused-ring (bicyclic) bond motifs is 1. The Labute approximate surface area is 206 Å². The zero-order valence-electron chi connectivity index (χ0n) is 20.1. The summed E-state index contributed by atoms with van der Waals surface area (Å²) in [5.41, 5.74) is 1.72. The largest absolute Gasteiger partial charge is 0.481 e. The average Bonchev–Trinajstić information content (AvgIpc) is 2.85. The number of carbonyl (C=O) groups is 2. The van der Waals surface area contributed by atoms with Crippen LogP contribution in [-0.2, 0) is 15.5 Å². The van der Waals surface area contributed by atoms with E-state index in [1.807, 2.05) is 0 Å². The van der Waals surface area contributed by atoms with E-state index in [2.05, 4.69) is 9.72 Å². The Hall–Kier alpha value is -4.08. The summed E-state index contributed by atoms with van der Waals surface area (Å²) >= 11 is 0. The number of rotatable bonds is 6. The molecule has 0 spiro atoms. The summed E-state index contributed by atoms with van der Waals surface area (Å²) < 4.78 is 53.3. The molecule has 0 bridgehead atoms. The van der Waals surface area contributed by atoms with Gasteiger partial charge in [0.1, 0.15) is 12.5 Å². The Morgan fingerprint density at radius 1 is 1.03 bits per heavy atom. The molecule has 188 valence electrons. The third-order valence-electron chi connectivity index (χ3n) is 5.92. The van der Waals surface area contributed by atoms with Crippen molar-refractivity contribution in [2.45, 2.75) is 26.7 Å². The fraction of sp³-hybridized carbons (Fsp3) is 0.269. The van der Waals surface area contributed by atoms with E-state index < -0.39 is 29.2 Å². The minimum absolute atomic E-state index is 0.0679. The maximum atomic E-state index is 14.9. The second-order valence-corrected chi connectivity index (χ2v) is 8.22. The maximum absolute atomic E-state index is 14.9. The summed E-state index contributed by atoms with van der Waals surface area (Å²) in [6.45, 7) is 4.56. The Morgan fingerprint density at radius 2 is 1.75 bits per heavy atom. The highest BCUT2D eigenvalue weighted by molar-refractivity contribution is 6.13. The minimum Gasteiger partial charge on any atom is -0.481 e. The Morgan fingerprint density at radius 3 is 2.39 bits per heavy atom. The third-order valence-corrected chi connectivity index (χ3v) is 5.92. The van der Waals surface area contributed by atoms with E-state index in [0.29, 0.717) is 28.5 Å². The molecular weight excluding hydrogens is 475 g/mol. The molecule has 0 unspecified atom stereocenters. The van der Waals surface area contributed by atoms with Crippen LogP contribution in [0.4, 0.5) is 30.2 Å². The van der Waals surface area contributed by atoms with Crippen LogP contribution >= 0.6 is 0 Å². The van der Waals surface area contributed by atoms with Gasteiger partial charge in [0.15, 0.2) is 0 Å². The summed E-state index contributed by atoms with van der Waals surface area (Å²) in [5.74, 6) is -6.14. The van der Waals surface area contributed by atoms with Crippen molar-refractivity contribution in [2.24, 2.45) is 0 Å². The van der Waals surface area contributed by atoms with Gasteiger partial charge in [-0.1, -0.05) is 6.07 Å². The van der Waals surface area contributed by atoms with Crippen molar-refractivity contribution >= 4 is 28.9 Å². The molecule has 10 heteroatoms. The van der Waals surface area contributed by atoms with E-state index in [4.69, 9.17) is 4.74 Å². The quantitative estimate of drug-likeness (QED) is 0.431. The van der Waals surface area contributed by atoms with Crippen molar-refractivity contribution in [2.75, 3.05) is 30.2 Å². The smallest absolute Gasteiger partial charge is 0.381 e. The van der Waals surface area contributed by atoms with Gasteiger partial charge in [-0.25, -0.2) is 14.2 Å². The number of hydrogen-bond acceptors (Lipinski definition) is 6. The summed E-state index contributed by atoms with van der Waals surface area (Å²) in [5, 5.41) is 0. The van der Waals surface area contributed by atoms with Crippen molar-refractivity contribution in [3.05, 3.63) is 76.7 Å². The molecule has 0 N–H and O–H groups in total. The van der Waals surface area contributed by atoms with E-state index in [9.17, 15) is 22.8 Å². The van der Waals surface area contributed by atoms with Crippen LogP contribution in [0, 0.1) is 19.7 Å². The summed E-state index contributed by atoms with van der Waals surface area (Å²) in [6.07, 6.45) is 0. The van der Waals surface area contributed by atoms with Crippen molar-refractivity contribution in [3.63, 3.8) is 0 Å². The Kier molecular flexibility index (Phi) is 6.62. The van der Waals surface area contributed by atoms with Crippen molar-refractivity contribution in [1.29, 1.82) is 0 Å². The van der Waals surface area contributed by atoms with Gasteiger partial charge in [0.25, 0.3) is 5.91 Å². The predicted octanol–water partition coefficient (Wildman–Crippen LogP) is 5.26. The highest BCUT2D eigenvalue weighted by Gasteiger charge is 2.44. The molecule has 0 aliphatic carbocycles. The standard InChI is InChI=1S/C26H24F3N3O4/c1-5-36-25(34)26(28,29)17-6-8-19-22(13-17)31(20-9-7-18(27)12-15(20)2)14-32(24(19)33)21-10-11-23(35-4)30-16(21)3/h6-13H,5,14H2,1-4H3. The lowest BCUT2D eigenvalue weighted by atomic mass is 9.99. The zero-order valence-corrected chi connectivity index (χ0v) is 20.1. The molecule has 0 saturated carbocycles. The van der Waals surface area contributed by atoms with Crippen molar-refractivity contribution < 1.29 is 32.2 Å². The molecule has 3 aromatic rings. The molecule has 1 aromatic heterocycles. The second kappa shape index (κ2) is 9.52. The Bertz CT molecular complexity index is 1350. The lowest BCUT2D eigenvalue weighted by molar-refractivity contribution is -0.173. The number of esters is 1. The van der Waals surface area contributed by atoms with Crippen LogP contribution in [0.3, 0.4) is 0 Å². The number of amides is 1. The number of pyridine rings is 1. The van der Waals surface area contributed by atoms with Gasteiger partial charge in [-0.15, -0.1) is 0 Å². The van der Waals surface area contributed by atoms with Crippen LogP contribution in [0.25, 0.3) is 0 Å². The average molecular weight is 499 g/mol. The number of carbonyl (C=O) groups excluding carboxylic acids is 2. The fourth-order valence-corrected chi connectivity index (χ4v) is 4.14. The molecule has 1 aliphatic heterocycles. The molecule has 2 aromatic carbocycles. The van der Waals surface area contributed by atoms with E-state index in [-0.39, 0.29) is 24.5 Å². The lowest BCUT2D eigenvalue weighted by Gasteiger charge is -2.39. The number of nitrogens with zero attached hydrogens (tertiary/aromatic N) is 3. The zero-order chi connectivity index (χ0) is 26.2. The maximum Gasteiger partial charge on any atom is 0.381 e. The van der Waals surface area contributed by atoms with Crippen molar-refractivity contribution in [3.8, 4) is 5.88 Å². The van der Waals surface area contributed by atoms with E-state index in [1.165, 1.54) is 43.2 Å². The first-order valence-corrected chi connectivity index (χ1v) is 11.1. The number of aryl methyl sites for hydroxylation is 2. The van der Waals surface area contributed by atoms with Crippen LogP contribution in [-0.4, -0.2) is 37.2 Å². The first-order chi connectivity index (χ1) is 17.1. The number of hydrogen-bond donors (Lipinski definition) is 0. The first-order valence-electron chi connectivity index (χ1n) is 11.1. The fourth-order valence-electron chi connectivity index (χ4n) is 4.14. The molecule has 4 rings (SSSR count). The number of anilines is 3. The number of aromatic nitrogens is 1. The highest BCUT2D eigenvalue weighted by atomic mass is 19.3. The molecule has 0 saturated heterocycles. The molecule has 1 amide bonds. The third kappa shape index (κ3) is 4.34. The van der Waals surface area contributed by atoms with E-state index in [0.717, 1.165) is 12.1 Å². The number of halogens is 3. The number of methoxy groups -OCH3 is 1. The number of alkyl halides is 2. The number of benzene rings is 2. The van der Waals surface area contributed by atoms with Crippen LogP contribution in [0.2, 0.25) is 0 Å². The lowest BCUT2D eigenvalue weighted by Crippen LogP contribution is -2.45. The molecule has 0 radical (unpaired) electrons. The normalized spacial score (nSPS) is 13.5. The van der Waals surface area contributed by atoms with Crippen LogP contribution < -0.4 is 14.5 Å². The van der Waals surface area contributed by atoms with E-state index in [1.54, 1.807) is 30.9 Å². The first kappa shape index (κ1) is 25.0. The topological polar surface area (TPSA) is 72.0 Å². The molecule has 36 heavy (non-hydrogen) atoms. The van der Waals surface area contributed by atoms with Gasteiger partial charge >= 0.3 is 11.9 Å². The molecular formula is C26H24F3N3O4. The van der Waals surface area contributed by atoms with Gasteiger partial charge in [-0.05, 0) is 62.7 Å². The van der Waals surface area contributed by atoms with Gasteiger partial charge in [-0.3, -0.25) is 9.69 Å². The monoisotopic (exact) mass is 499 g/mol. The summed E-state index contributed by atoms with van der Waals surface area (Å²) in [7, 11) is 1.48. The molecule has 2 heterocycles. The highest BCUT2D eigenvalue weighted by Crippen LogP contribution is 2.41. The van der Waals surface area contributed by atoms with Gasteiger partial charge in [0, 0.05) is 17.3 Å². The van der Waals surface area contributed by atoms with Crippen LogP contribution in [0.15, 0.2) is 48.5 Å².